The predicted octanol–water partition coefficient (Wildman–Crippen LogP) is 5.53. The number of piperidine rings is 2. The normalized spacial score (nSPS) is 20.7. The zero-order valence-electron chi connectivity index (χ0n) is 28.7. The summed E-state index contributed by atoms with van der Waals surface area (Å²) < 4.78 is 3.62. The van der Waals surface area contributed by atoms with Gasteiger partial charge in [0.2, 0.25) is 0 Å². The van der Waals surface area contributed by atoms with Crippen molar-refractivity contribution in [2.45, 2.75) is 50.4 Å². The lowest BCUT2D eigenvalue weighted by Gasteiger charge is -2.34. The van der Waals surface area contributed by atoms with Gasteiger partial charge >= 0.3 is 0 Å². The Labute approximate surface area is 291 Å². The van der Waals surface area contributed by atoms with Crippen molar-refractivity contribution in [2.24, 2.45) is 11.5 Å². The number of nitrogens with two attached hydrogens (primary N) is 2. The molecule has 4 aromatic carbocycles. The van der Waals surface area contributed by atoms with Crippen molar-refractivity contribution >= 4 is 33.6 Å². The lowest BCUT2D eigenvalue weighted by molar-refractivity contribution is 0.0993. The minimum atomic E-state index is -0.455. The van der Waals surface area contributed by atoms with Crippen molar-refractivity contribution in [1.29, 1.82) is 0 Å². The molecule has 2 amide bonds. The molecule has 4 heterocycles. The minimum absolute atomic E-state index is 0.185. The Morgan fingerprint density at radius 3 is 1.36 bits per heavy atom. The number of hydrogen-bond donors (Lipinski definition) is 4. The van der Waals surface area contributed by atoms with Crippen molar-refractivity contribution in [3.05, 3.63) is 120 Å². The maximum absolute atomic E-state index is 11.6. The Hall–Kier alpha value is -5.32. The van der Waals surface area contributed by atoms with E-state index in [9.17, 15) is 9.59 Å². The Morgan fingerprint density at radius 2 is 1.02 bits per heavy atom. The molecule has 0 saturated carbocycles. The topological polar surface area (TPSA) is 146 Å². The molecule has 2 fully saturated rings. The van der Waals surface area contributed by atoms with Gasteiger partial charge in [0, 0.05) is 47.1 Å². The molecule has 0 aliphatic carbocycles. The Balaban J connectivity index is 0.000000157. The number of carbonyl (C=O) groups is 2. The maximum atomic E-state index is 11.6. The third-order valence-electron chi connectivity index (χ3n) is 10.5. The first-order valence-electron chi connectivity index (χ1n) is 17.3. The van der Waals surface area contributed by atoms with Gasteiger partial charge in [-0.3, -0.25) is 9.59 Å². The largest absolute Gasteiger partial charge is 0.366 e. The first-order chi connectivity index (χ1) is 24.1. The molecule has 6 aromatic rings. The highest BCUT2D eigenvalue weighted by atomic mass is 16.1. The fourth-order valence-electron chi connectivity index (χ4n) is 7.39. The van der Waals surface area contributed by atoms with Crippen LogP contribution in [0.5, 0.6) is 0 Å². The highest BCUT2D eigenvalue weighted by Gasteiger charge is 2.29. The first kappa shape index (κ1) is 33.2. The van der Waals surface area contributed by atoms with Crippen LogP contribution in [0.15, 0.2) is 97.3 Å². The van der Waals surface area contributed by atoms with E-state index in [-0.39, 0.29) is 10.8 Å². The van der Waals surface area contributed by atoms with Gasteiger partial charge in [-0.1, -0.05) is 62.4 Å². The number of nitrogens with one attached hydrogen (secondary N) is 2. The highest BCUT2D eigenvalue weighted by molar-refractivity contribution is 6.05. The molecule has 0 unspecified atom stereocenters. The zero-order valence-corrected chi connectivity index (χ0v) is 28.7. The van der Waals surface area contributed by atoms with Gasteiger partial charge in [0.1, 0.15) is 11.0 Å². The quantitative estimate of drug-likeness (QED) is 0.184. The second kappa shape index (κ2) is 13.5. The average molecular weight is 669 g/mol. The van der Waals surface area contributed by atoms with Crippen LogP contribution in [-0.2, 0) is 10.8 Å². The standard InChI is InChI=1S/2C20H22N4O/c2*1-20(10-3-11-22-13-20)15-6-8-16(9-7-15)24-12-14-4-2-5-17(19(21)25)18(14)23-24/h2*2,4-9,12,22H,3,10-11,13H2,1H3,(H2,21,25)/t2*20-/m10/s1. The van der Waals surface area contributed by atoms with Crippen LogP contribution in [0, 0.1) is 0 Å². The molecule has 2 saturated heterocycles. The Morgan fingerprint density at radius 1 is 0.620 bits per heavy atom. The van der Waals surface area contributed by atoms with Gasteiger partial charge in [-0.15, -0.1) is 0 Å². The fourth-order valence-corrected chi connectivity index (χ4v) is 7.39. The average Bonchev–Trinajstić information content (AvgIpc) is 3.78. The molecular weight excluding hydrogens is 624 g/mol. The number of rotatable bonds is 6. The molecule has 0 bridgehead atoms. The van der Waals surface area contributed by atoms with Gasteiger partial charge in [0.05, 0.1) is 22.5 Å². The van der Waals surface area contributed by atoms with Crippen molar-refractivity contribution in [3.8, 4) is 11.4 Å². The van der Waals surface area contributed by atoms with Gasteiger partial charge in [-0.25, -0.2) is 9.36 Å². The van der Waals surface area contributed by atoms with Crippen LogP contribution >= 0.6 is 0 Å². The third kappa shape index (κ3) is 6.51. The number of nitrogens with zero attached hydrogens (tertiary/aromatic N) is 4. The summed E-state index contributed by atoms with van der Waals surface area (Å²) >= 11 is 0. The molecule has 256 valence electrons. The van der Waals surface area contributed by atoms with Crippen molar-refractivity contribution in [1.82, 2.24) is 30.2 Å². The van der Waals surface area contributed by atoms with Crippen LogP contribution < -0.4 is 22.1 Å². The van der Waals surface area contributed by atoms with Crippen LogP contribution in [0.1, 0.15) is 71.4 Å². The van der Waals surface area contributed by atoms with E-state index in [1.807, 2.05) is 46.0 Å². The number of hydrogen-bond acceptors (Lipinski definition) is 6. The molecule has 50 heavy (non-hydrogen) atoms. The number of primary amides is 2. The molecule has 10 heteroatoms. The van der Waals surface area contributed by atoms with Gasteiger partial charge in [-0.05, 0) is 86.3 Å². The molecule has 2 aliphatic rings. The van der Waals surface area contributed by atoms with E-state index in [2.05, 4.69) is 83.2 Å². The van der Waals surface area contributed by atoms with Crippen LogP contribution in [0.3, 0.4) is 0 Å². The van der Waals surface area contributed by atoms with Gasteiger partial charge in [0.15, 0.2) is 0 Å². The second-order valence-corrected chi connectivity index (χ2v) is 14.1. The highest BCUT2D eigenvalue weighted by Crippen LogP contribution is 2.32. The predicted molar refractivity (Wildman–Crippen MR) is 198 cm³/mol. The number of carbonyl (C=O) groups excluding carboxylic acids is 2. The van der Waals surface area contributed by atoms with Crippen LogP contribution in [0.25, 0.3) is 33.2 Å². The summed E-state index contributed by atoms with van der Waals surface area (Å²) in [6, 6.07) is 28.0. The molecule has 2 aromatic heterocycles. The monoisotopic (exact) mass is 668 g/mol. The summed E-state index contributed by atoms with van der Waals surface area (Å²) in [4.78, 5) is 23.2. The number of amides is 2. The van der Waals surface area contributed by atoms with E-state index >= 15 is 0 Å². The SMILES string of the molecule is C[C@@]1(c2ccc(-n3cc4cccc(C(N)=O)c4n3)cc2)CCCNC1.C[C@]1(c2ccc(-n3cc4cccc(C(N)=O)c4n3)cc2)CCCNC1. The smallest absolute Gasteiger partial charge is 0.250 e. The van der Waals surface area contributed by atoms with E-state index in [0.717, 1.165) is 48.3 Å². The lowest BCUT2D eigenvalue weighted by atomic mass is 9.76. The number of fused-ring (bicyclic) bond motifs is 2. The Bertz CT molecular complexity index is 2000. The third-order valence-corrected chi connectivity index (χ3v) is 10.5. The van der Waals surface area contributed by atoms with Gasteiger partial charge < -0.3 is 22.1 Å². The second-order valence-electron chi connectivity index (χ2n) is 14.1. The molecule has 6 N–H and O–H groups in total. The van der Waals surface area contributed by atoms with E-state index < -0.39 is 11.8 Å². The van der Waals surface area contributed by atoms with Gasteiger partial charge in [0.25, 0.3) is 11.8 Å². The molecule has 0 spiro atoms. The molecule has 8 rings (SSSR count). The van der Waals surface area contributed by atoms with Crippen LogP contribution in [0.4, 0.5) is 0 Å². The summed E-state index contributed by atoms with van der Waals surface area (Å²) in [6.07, 6.45) is 8.68. The van der Waals surface area contributed by atoms with E-state index in [1.165, 1.54) is 36.8 Å². The molecule has 2 aliphatic heterocycles. The zero-order chi connectivity index (χ0) is 34.9. The summed E-state index contributed by atoms with van der Waals surface area (Å²) in [5.74, 6) is -0.909. The van der Waals surface area contributed by atoms with E-state index in [4.69, 9.17) is 11.5 Å². The van der Waals surface area contributed by atoms with E-state index in [1.54, 1.807) is 12.1 Å². The molecule has 0 radical (unpaired) electrons. The van der Waals surface area contributed by atoms with Crippen LogP contribution in [0.2, 0.25) is 0 Å². The molecular formula is C40H44N8O2. The molecule has 10 nitrogen and oxygen atoms in total. The lowest BCUT2D eigenvalue weighted by Crippen LogP contribution is -2.41. The van der Waals surface area contributed by atoms with Crippen molar-refractivity contribution in [2.75, 3.05) is 26.2 Å². The van der Waals surface area contributed by atoms with Crippen LogP contribution in [-0.4, -0.2) is 57.6 Å². The summed E-state index contributed by atoms with van der Waals surface area (Å²) in [5.41, 5.74) is 18.1. The van der Waals surface area contributed by atoms with E-state index in [0.29, 0.717) is 22.2 Å². The van der Waals surface area contributed by atoms with Crippen molar-refractivity contribution in [3.63, 3.8) is 0 Å². The van der Waals surface area contributed by atoms with Crippen molar-refractivity contribution < 1.29 is 9.59 Å². The summed E-state index contributed by atoms with van der Waals surface area (Å²) in [5, 5.41) is 17.9. The molecule has 2 atom stereocenters. The summed E-state index contributed by atoms with van der Waals surface area (Å²) in [7, 11) is 0. The van der Waals surface area contributed by atoms with Gasteiger partial charge in [-0.2, -0.15) is 10.2 Å². The maximum Gasteiger partial charge on any atom is 0.250 e. The summed E-state index contributed by atoms with van der Waals surface area (Å²) in [6.45, 7) is 8.87. The minimum Gasteiger partial charge on any atom is -0.366 e. The first-order valence-corrected chi connectivity index (χ1v) is 17.3. The fraction of sp³-hybridized carbons (Fsp3) is 0.300. The number of aromatic nitrogens is 4. The number of benzene rings is 4. The Kier molecular flexibility index (Phi) is 8.98.